The maximum absolute atomic E-state index is 10.2. The highest BCUT2D eigenvalue weighted by Crippen LogP contribution is 2.37. The minimum atomic E-state index is 0. The lowest BCUT2D eigenvalue weighted by Gasteiger charge is -2.17. The zero-order valence-electron chi connectivity index (χ0n) is 14.2. The highest BCUT2D eigenvalue weighted by atomic mass is 35.5. The van der Waals surface area contributed by atoms with E-state index in [1.165, 1.54) is 16.5 Å². The molecule has 0 aliphatic heterocycles. The number of aromatic nitrogens is 1. The number of nitrogens with one attached hydrogen (secondary N) is 1. The highest BCUT2D eigenvalue weighted by Gasteiger charge is 2.14. The van der Waals surface area contributed by atoms with Gasteiger partial charge in [-0.1, -0.05) is 11.6 Å². The molecule has 0 amide bonds. The van der Waals surface area contributed by atoms with Crippen LogP contribution in [-0.2, 0) is 0 Å². The van der Waals surface area contributed by atoms with Crippen molar-refractivity contribution in [3.8, 4) is 17.0 Å². The predicted molar refractivity (Wildman–Crippen MR) is 101 cm³/mol. The number of H-pyrrole nitrogens is 1. The van der Waals surface area contributed by atoms with Crippen LogP contribution in [0.5, 0.6) is 5.75 Å². The summed E-state index contributed by atoms with van der Waals surface area (Å²) in [6.45, 7) is 6.19. The SMILES string of the molecule is Cc1ccc2[nH]c(-c3cc(C)c(O)c(N(C)C)c3)c(C)c2c1.Cl. The Morgan fingerprint density at radius 3 is 2.35 bits per heavy atom. The quantitative estimate of drug-likeness (QED) is 0.697. The summed E-state index contributed by atoms with van der Waals surface area (Å²) in [7, 11) is 3.89. The number of hydrogen-bond donors (Lipinski definition) is 2. The lowest BCUT2D eigenvalue weighted by molar-refractivity contribution is 0.471. The topological polar surface area (TPSA) is 39.3 Å². The van der Waals surface area contributed by atoms with Crippen molar-refractivity contribution in [2.75, 3.05) is 19.0 Å². The molecule has 1 heterocycles. The molecule has 0 fully saturated rings. The third kappa shape index (κ3) is 2.89. The number of aromatic amines is 1. The number of hydrogen-bond acceptors (Lipinski definition) is 2. The van der Waals surface area contributed by atoms with Crippen LogP contribution in [0.2, 0.25) is 0 Å². The second-order valence-corrected chi connectivity index (χ2v) is 6.23. The summed E-state index contributed by atoms with van der Waals surface area (Å²) in [4.78, 5) is 5.46. The van der Waals surface area contributed by atoms with Gasteiger partial charge in [0.2, 0.25) is 0 Å². The fourth-order valence-electron chi connectivity index (χ4n) is 2.98. The Morgan fingerprint density at radius 1 is 1.00 bits per heavy atom. The maximum atomic E-state index is 10.2. The van der Waals surface area contributed by atoms with Crippen molar-refractivity contribution in [2.24, 2.45) is 0 Å². The van der Waals surface area contributed by atoms with E-state index < -0.39 is 0 Å². The van der Waals surface area contributed by atoms with Gasteiger partial charge in [-0.25, -0.2) is 0 Å². The van der Waals surface area contributed by atoms with E-state index in [2.05, 4.69) is 37.0 Å². The van der Waals surface area contributed by atoms with Gasteiger partial charge in [-0.2, -0.15) is 0 Å². The smallest absolute Gasteiger partial charge is 0.141 e. The molecule has 3 rings (SSSR count). The van der Waals surface area contributed by atoms with Crippen LogP contribution in [0.1, 0.15) is 16.7 Å². The number of benzene rings is 2. The lowest BCUT2D eigenvalue weighted by atomic mass is 10.0. The molecule has 0 aliphatic rings. The molecule has 3 nitrogen and oxygen atoms in total. The van der Waals surface area contributed by atoms with E-state index in [4.69, 9.17) is 0 Å². The Hall–Kier alpha value is -2.13. The van der Waals surface area contributed by atoms with Gasteiger partial charge < -0.3 is 15.0 Å². The minimum Gasteiger partial charge on any atom is -0.505 e. The molecule has 2 aromatic carbocycles. The van der Waals surface area contributed by atoms with Gasteiger partial charge in [0, 0.05) is 36.3 Å². The molecule has 23 heavy (non-hydrogen) atoms. The van der Waals surface area contributed by atoms with Crippen LogP contribution in [0, 0.1) is 20.8 Å². The largest absolute Gasteiger partial charge is 0.505 e. The number of phenols is 1. The van der Waals surface area contributed by atoms with Crippen molar-refractivity contribution in [1.82, 2.24) is 4.98 Å². The zero-order chi connectivity index (χ0) is 16.0. The van der Waals surface area contributed by atoms with Gasteiger partial charge >= 0.3 is 0 Å². The highest BCUT2D eigenvalue weighted by molar-refractivity contribution is 5.91. The van der Waals surface area contributed by atoms with Gasteiger partial charge in [0.25, 0.3) is 0 Å². The summed E-state index contributed by atoms with van der Waals surface area (Å²) in [6.07, 6.45) is 0. The van der Waals surface area contributed by atoms with Crippen LogP contribution in [0.4, 0.5) is 5.69 Å². The van der Waals surface area contributed by atoms with Crippen LogP contribution in [0.3, 0.4) is 0 Å². The van der Waals surface area contributed by atoms with Gasteiger partial charge in [-0.15, -0.1) is 12.4 Å². The molecule has 0 aliphatic carbocycles. The van der Waals surface area contributed by atoms with E-state index in [1.807, 2.05) is 38.1 Å². The Kier molecular flexibility index (Phi) is 4.62. The number of fused-ring (bicyclic) bond motifs is 1. The monoisotopic (exact) mass is 330 g/mol. The molecular weight excluding hydrogens is 308 g/mol. The lowest BCUT2D eigenvalue weighted by Crippen LogP contribution is -2.09. The van der Waals surface area contributed by atoms with Crippen molar-refractivity contribution in [3.63, 3.8) is 0 Å². The Balaban J connectivity index is 0.00000192. The molecule has 122 valence electrons. The molecule has 0 bridgehead atoms. The summed E-state index contributed by atoms with van der Waals surface area (Å²) in [5.41, 5.74) is 7.59. The first-order chi connectivity index (χ1) is 10.4. The Bertz CT molecular complexity index is 865. The average Bonchev–Trinajstić information content (AvgIpc) is 2.78. The molecule has 4 heteroatoms. The minimum absolute atomic E-state index is 0. The fraction of sp³-hybridized carbons (Fsp3) is 0.263. The first-order valence-electron chi connectivity index (χ1n) is 7.48. The summed E-state index contributed by atoms with van der Waals surface area (Å²) < 4.78 is 0. The van der Waals surface area contributed by atoms with Crippen molar-refractivity contribution in [3.05, 3.63) is 47.0 Å². The van der Waals surface area contributed by atoms with Crippen molar-refractivity contribution < 1.29 is 5.11 Å². The molecule has 0 unspecified atom stereocenters. The van der Waals surface area contributed by atoms with Crippen LogP contribution in [-0.4, -0.2) is 24.2 Å². The number of rotatable bonds is 2. The van der Waals surface area contributed by atoms with Gasteiger partial charge in [-0.3, -0.25) is 0 Å². The van der Waals surface area contributed by atoms with Crippen LogP contribution >= 0.6 is 12.4 Å². The molecule has 1 aromatic heterocycles. The molecule has 0 saturated carbocycles. The third-order valence-corrected chi connectivity index (χ3v) is 4.26. The molecule has 3 aromatic rings. The van der Waals surface area contributed by atoms with E-state index in [-0.39, 0.29) is 12.4 Å². The van der Waals surface area contributed by atoms with E-state index >= 15 is 0 Å². The summed E-state index contributed by atoms with van der Waals surface area (Å²) >= 11 is 0. The number of halogens is 1. The number of phenolic OH excluding ortho intramolecular Hbond substituents is 1. The van der Waals surface area contributed by atoms with Gasteiger partial charge in [0.1, 0.15) is 5.75 Å². The number of nitrogens with zero attached hydrogens (tertiary/aromatic N) is 1. The van der Waals surface area contributed by atoms with Gasteiger partial charge in [-0.05, 0) is 56.2 Å². The van der Waals surface area contributed by atoms with E-state index in [0.29, 0.717) is 5.75 Å². The molecule has 2 N–H and O–H groups in total. The number of aromatic hydroxyl groups is 1. The molecule has 0 atom stereocenters. The average molecular weight is 331 g/mol. The van der Waals surface area contributed by atoms with Gasteiger partial charge in [0.15, 0.2) is 0 Å². The third-order valence-electron chi connectivity index (χ3n) is 4.26. The molecule has 0 saturated heterocycles. The maximum Gasteiger partial charge on any atom is 0.141 e. The van der Waals surface area contributed by atoms with Gasteiger partial charge in [0.05, 0.1) is 5.69 Å². The summed E-state index contributed by atoms with van der Waals surface area (Å²) in [6, 6.07) is 10.5. The normalized spacial score (nSPS) is 10.7. The zero-order valence-corrected chi connectivity index (χ0v) is 15.0. The molecule has 0 radical (unpaired) electrons. The standard InChI is InChI=1S/C19H22N2O.ClH/c1-11-6-7-16-15(8-11)13(3)18(20-16)14-9-12(2)19(22)17(10-14)21(4)5;/h6-10,20,22H,1-5H3;1H. The van der Waals surface area contributed by atoms with Crippen molar-refractivity contribution >= 4 is 29.0 Å². The summed E-state index contributed by atoms with van der Waals surface area (Å²) in [5.74, 6) is 0.346. The first kappa shape index (κ1) is 17.2. The van der Waals surface area contributed by atoms with Crippen molar-refractivity contribution in [2.45, 2.75) is 20.8 Å². The van der Waals surface area contributed by atoms with Crippen LogP contribution in [0.15, 0.2) is 30.3 Å². The Morgan fingerprint density at radius 2 is 1.70 bits per heavy atom. The first-order valence-corrected chi connectivity index (χ1v) is 7.48. The molecule has 0 spiro atoms. The van der Waals surface area contributed by atoms with E-state index in [1.54, 1.807) is 0 Å². The van der Waals surface area contributed by atoms with Crippen LogP contribution in [0.25, 0.3) is 22.2 Å². The van der Waals surface area contributed by atoms with E-state index in [0.717, 1.165) is 28.0 Å². The fourth-order valence-corrected chi connectivity index (χ4v) is 2.98. The Labute approximate surface area is 143 Å². The van der Waals surface area contributed by atoms with Crippen LogP contribution < -0.4 is 4.90 Å². The predicted octanol–water partition coefficient (Wildman–Crippen LogP) is 4.95. The second kappa shape index (κ2) is 6.17. The van der Waals surface area contributed by atoms with Crippen molar-refractivity contribution in [1.29, 1.82) is 0 Å². The second-order valence-electron chi connectivity index (χ2n) is 6.23. The number of anilines is 1. The number of aryl methyl sites for hydroxylation is 3. The van der Waals surface area contributed by atoms with E-state index in [9.17, 15) is 5.11 Å². The molecular formula is C19H23ClN2O. The summed E-state index contributed by atoms with van der Waals surface area (Å²) in [5, 5.41) is 11.5.